The van der Waals surface area contributed by atoms with Crippen molar-refractivity contribution in [2.75, 3.05) is 0 Å². The van der Waals surface area contributed by atoms with Gasteiger partial charge in [-0.1, -0.05) is 24.3 Å². The molecule has 3 rings (SSSR count). The summed E-state index contributed by atoms with van der Waals surface area (Å²) in [6.07, 6.45) is 2.86. The fourth-order valence-corrected chi connectivity index (χ4v) is 2.28. The van der Waals surface area contributed by atoms with Crippen LogP contribution in [0.1, 0.15) is 18.2 Å². The Morgan fingerprint density at radius 3 is 2.93 bits per heavy atom. The molecule has 0 amide bonds. The number of H-pyrrole nitrogens is 1. The summed E-state index contributed by atoms with van der Waals surface area (Å²) >= 11 is 0. The zero-order valence-electron chi connectivity index (χ0n) is 8.50. The van der Waals surface area contributed by atoms with Gasteiger partial charge in [0.1, 0.15) is 0 Å². The number of hydrogen-bond donors (Lipinski definition) is 1. The molecule has 1 aromatic heterocycles. The number of carbonyl (C=O) groups excluding carboxylic acids is 1. The van der Waals surface area contributed by atoms with Gasteiger partial charge in [0, 0.05) is 34.2 Å². The lowest BCUT2D eigenvalue weighted by molar-refractivity contribution is -0.111. The fraction of sp³-hybridized carbons (Fsp3) is 0.154. The monoisotopic (exact) mass is 197 g/mol. The van der Waals surface area contributed by atoms with Crippen LogP contribution in [0.5, 0.6) is 0 Å². The van der Waals surface area contributed by atoms with Gasteiger partial charge in [-0.2, -0.15) is 0 Å². The Balaban J connectivity index is 2.35. The number of aromatic nitrogens is 1. The van der Waals surface area contributed by atoms with Crippen molar-refractivity contribution in [1.29, 1.82) is 0 Å². The Bertz CT molecular complexity index is 590. The Kier molecular flexibility index (Phi) is 1.60. The molecule has 0 bridgehead atoms. The van der Waals surface area contributed by atoms with Crippen LogP contribution >= 0.6 is 0 Å². The smallest absolute Gasteiger partial charge is 0.160 e. The van der Waals surface area contributed by atoms with Crippen molar-refractivity contribution in [2.45, 2.75) is 13.3 Å². The lowest BCUT2D eigenvalue weighted by Gasteiger charge is -1.97. The van der Waals surface area contributed by atoms with Gasteiger partial charge in [0.2, 0.25) is 0 Å². The SMILES string of the molecule is CC(=O)C1=CCc2[nH]c3ccccc3c21. The largest absolute Gasteiger partial charge is 0.358 e. The average molecular weight is 197 g/mol. The molecule has 2 aromatic rings. The van der Waals surface area contributed by atoms with E-state index in [1.807, 2.05) is 24.3 Å². The number of ketones is 1. The summed E-state index contributed by atoms with van der Waals surface area (Å²) in [5.41, 5.74) is 4.26. The first-order valence-corrected chi connectivity index (χ1v) is 5.08. The summed E-state index contributed by atoms with van der Waals surface area (Å²) in [6, 6.07) is 8.12. The molecule has 0 radical (unpaired) electrons. The normalized spacial score (nSPS) is 14.1. The number of aromatic amines is 1. The van der Waals surface area contributed by atoms with Gasteiger partial charge < -0.3 is 4.98 Å². The van der Waals surface area contributed by atoms with E-state index in [1.165, 1.54) is 5.69 Å². The van der Waals surface area contributed by atoms with Gasteiger partial charge in [0.25, 0.3) is 0 Å². The third-order valence-corrected chi connectivity index (χ3v) is 2.94. The van der Waals surface area contributed by atoms with Crippen molar-refractivity contribution in [2.24, 2.45) is 0 Å². The van der Waals surface area contributed by atoms with E-state index in [4.69, 9.17) is 0 Å². The van der Waals surface area contributed by atoms with Crippen LogP contribution in [0.25, 0.3) is 16.5 Å². The van der Waals surface area contributed by atoms with Crippen molar-refractivity contribution in [1.82, 2.24) is 4.98 Å². The first-order valence-electron chi connectivity index (χ1n) is 5.08. The average Bonchev–Trinajstić information content (AvgIpc) is 2.74. The summed E-state index contributed by atoms with van der Waals surface area (Å²) in [4.78, 5) is 14.8. The minimum atomic E-state index is 0.151. The van der Waals surface area contributed by atoms with E-state index in [-0.39, 0.29) is 5.78 Å². The molecule has 0 fully saturated rings. The Morgan fingerprint density at radius 1 is 1.33 bits per heavy atom. The lowest BCUT2D eigenvalue weighted by Crippen LogP contribution is -1.92. The van der Waals surface area contributed by atoms with Crippen LogP contribution < -0.4 is 0 Å². The van der Waals surface area contributed by atoms with Gasteiger partial charge in [-0.25, -0.2) is 0 Å². The third kappa shape index (κ3) is 1.08. The molecule has 1 aliphatic rings. The highest BCUT2D eigenvalue weighted by atomic mass is 16.1. The number of fused-ring (bicyclic) bond motifs is 3. The molecule has 0 atom stereocenters. The van der Waals surface area contributed by atoms with Gasteiger partial charge in [0.15, 0.2) is 5.78 Å². The maximum absolute atomic E-state index is 11.5. The summed E-state index contributed by atoms with van der Waals surface area (Å²) in [6.45, 7) is 1.63. The van der Waals surface area contributed by atoms with E-state index < -0.39 is 0 Å². The topological polar surface area (TPSA) is 32.9 Å². The number of nitrogens with one attached hydrogen (secondary N) is 1. The Labute approximate surface area is 87.6 Å². The van der Waals surface area contributed by atoms with Crippen LogP contribution in [-0.4, -0.2) is 10.8 Å². The fourth-order valence-electron chi connectivity index (χ4n) is 2.28. The van der Waals surface area contributed by atoms with Gasteiger partial charge in [0.05, 0.1) is 0 Å². The Morgan fingerprint density at radius 2 is 2.13 bits per heavy atom. The van der Waals surface area contributed by atoms with Gasteiger partial charge in [-0.15, -0.1) is 0 Å². The molecule has 0 saturated carbocycles. The van der Waals surface area contributed by atoms with E-state index in [1.54, 1.807) is 6.92 Å². The van der Waals surface area contributed by atoms with Crippen molar-refractivity contribution >= 4 is 22.3 Å². The predicted molar refractivity (Wildman–Crippen MR) is 60.7 cm³/mol. The Hall–Kier alpha value is -1.83. The van der Waals surface area contributed by atoms with Crippen LogP contribution in [0.2, 0.25) is 0 Å². The number of carbonyl (C=O) groups is 1. The minimum absolute atomic E-state index is 0.151. The summed E-state index contributed by atoms with van der Waals surface area (Å²) < 4.78 is 0. The lowest BCUT2D eigenvalue weighted by atomic mass is 10.0. The molecule has 0 saturated heterocycles. The molecule has 1 N–H and O–H groups in total. The second-order valence-electron chi connectivity index (χ2n) is 3.90. The van der Waals surface area contributed by atoms with Crippen LogP contribution in [0.4, 0.5) is 0 Å². The van der Waals surface area contributed by atoms with Crippen LogP contribution in [0, 0.1) is 0 Å². The highest BCUT2D eigenvalue weighted by molar-refractivity contribution is 6.24. The molecule has 74 valence electrons. The third-order valence-electron chi connectivity index (χ3n) is 2.94. The second kappa shape index (κ2) is 2.83. The van der Waals surface area contributed by atoms with Gasteiger partial charge in [-0.05, 0) is 13.0 Å². The maximum Gasteiger partial charge on any atom is 0.160 e. The number of benzene rings is 1. The van der Waals surface area contributed by atoms with E-state index in [0.29, 0.717) is 0 Å². The number of hydrogen-bond acceptors (Lipinski definition) is 1. The maximum atomic E-state index is 11.5. The standard InChI is InChI=1S/C13H11NO/c1-8(15)9-6-7-12-13(9)10-4-2-3-5-11(10)14-12/h2-6,14H,7H2,1H3. The molecular formula is C13H11NO. The molecule has 2 heteroatoms. The number of allylic oxidation sites excluding steroid dienone is 2. The summed E-state index contributed by atoms with van der Waals surface area (Å²) in [5, 5.41) is 1.16. The highest BCUT2D eigenvalue weighted by Gasteiger charge is 2.21. The molecule has 15 heavy (non-hydrogen) atoms. The van der Waals surface area contributed by atoms with Crippen molar-refractivity contribution in [3.63, 3.8) is 0 Å². The van der Waals surface area contributed by atoms with Crippen LogP contribution in [0.15, 0.2) is 30.3 Å². The van der Waals surface area contributed by atoms with Crippen molar-refractivity contribution < 1.29 is 4.79 Å². The van der Waals surface area contributed by atoms with Crippen LogP contribution in [-0.2, 0) is 11.2 Å². The van der Waals surface area contributed by atoms with Gasteiger partial charge in [-0.3, -0.25) is 4.79 Å². The first-order chi connectivity index (χ1) is 7.27. The predicted octanol–water partition coefficient (Wildman–Crippen LogP) is 2.70. The first kappa shape index (κ1) is 8.48. The molecule has 1 aromatic carbocycles. The van der Waals surface area contributed by atoms with Crippen molar-refractivity contribution in [3.8, 4) is 0 Å². The van der Waals surface area contributed by atoms with E-state index in [0.717, 1.165) is 28.5 Å². The zero-order valence-corrected chi connectivity index (χ0v) is 8.50. The number of rotatable bonds is 1. The molecule has 1 aliphatic carbocycles. The quantitative estimate of drug-likeness (QED) is 0.749. The molecule has 1 heterocycles. The molecule has 2 nitrogen and oxygen atoms in total. The number of para-hydroxylation sites is 1. The number of Topliss-reactive ketones (excluding diaryl/α,β-unsaturated/α-hetero) is 1. The minimum Gasteiger partial charge on any atom is -0.358 e. The van der Waals surface area contributed by atoms with Gasteiger partial charge >= 0.3 is 0 Å². The van der Waals surface area contributed by atoms with E-state index in [2.05, 4.69) is 11.1 Å². The second-order valence-corrected chi connectivity index (χ2v) is 3.90. The summed E-state index contributed by atoms with van der Waals surface area (Å²) in [5.74, 6) is 0.151. The zero-order chi connectivity index (χ0) is 10.4. The van der Waals surface area contributed by atoms with Crippen molar-refractivity contribution in [3.05, 3.63) is 41.6 Å². The molecule has 0 spiro atoms. The highest BCUT2D eigenvalue weighted by Crippen LogP contribution is 2.34. The molecule has 0 aliphatic heterocycles. The molecular weight excluding hydrogens is 186 g/mol. The van der Waals surface area contributed by atoms with Crippen LogP contribution in [0.3, 0.4) is 0 Å². The summed E-state index contributed by atoms with van der Waals surface area (Å²) in [7, 11) is 0. The molecule has 0 unspecified atom stereocenters. The van der Waals surface area contributed by atoms with E-state index in [9.17, 15) is 4.79 Å². The van der Waals surface area contributed by atoms with E-state index >= 15 is 0 Å².